The molecule has 1 aliphatic rings. The first-order chi connectivity index (χ1) is 16.5. The first kappa shape index (κ1) is 21.9. The topological polar surface area (TPSA) is 114 Å². The number of nitriles is 1. The van der Waals surface area contributed by atoms with E-state index in [1.807, 2.05) is 35.8 Å². The minimum Gasteiger partial charge on any atom is -0.371 e. The number of thiazole rings is 1. The van der Waals surface area contributed by atoms with Crippen LogP contribution in [0.1, 0.15) is 30.3 Å². The third-order valence-corrected chi connectivity index (χ3v) is 6.83. The molecule has 1 aliphatic heterocycles. The number of nitrogens with one attached hydrogen (secondary N) is 2. The molecule has 1 saturated heterocycles. The Morgan fingerprint density at radius 3 is 3.03 bits per heavy atom. The summed E-state index contributed by atoms with van der Waals surface area (Å²) in [7, 11) is 0. The van der Waals surface area contributed by atoms with Gasteiger partial charge in [0.15, 0.2) is 5.60 Å². The van der Waals surface area contributed by atoms with Crippen molar-refractivity contribution in [2.24, 2.45) is 5.92 Å². The van der Waals surface area contributed by atoms with Gasteiger partial charge in [-0.1, -0.05) is 11.8 Å². The molecule has 170 valence electrons. The number of aromatic nitrogens is 4. The minimum absolute atomic E-state index is 0.00453. The number of H-pyrrole nitrogens is 1. The molecule has 3 N–H and O–H groups in total. The molecular formula is C25H23N7OS. The largest absolute Gasteiger partial charge is 0.371 e. The number of anilines is 3. The van der Waals surface area contributed by atoms with E-state index in [4.69, 9.17) is 0 Å². The first-order valence-corrected chi connectivity index (χ1v) is 11.9. The lowest BCUT2D eigenvalue weighted by molar-refractivity contribution is 0.122. The van der Waals surface area contributed by atoms with Crippen molar-refractivity contribution < 1.29 is 5.11 Å². The van der Waals surface area contributed by atoms with Crippen LogP contribution in [0.4, 0.5) is 17.2 Å². The van der Waals surface area contributed by atoms with E-state index in [0.29, 0.717) is 17.4 Å². The van der Waals surface area contributed by atoms with Crippen LogP contribution in [-0.2, 0) is 5.60 Å². The van der Waals surface area contributed by atoms with E-state index in [9.17, 15) is 10.4 Å². The average molecular weight is 470 g/mol. The van der Waals surface area contributed by atoms with Crippen LogP contribution in [0.25, 0.3) is 11.0 Å². The van der Waals surface area contributed by atoms with Gasteiger partial charge < -0.3 is 20.3 Å². The van der Waals surface area contributed by atoms with Gasteiger partial charge in [0.2, 0.25) is 0 Å². The van der Waals surface area contributed by atoms with Crippen LogP contribution in [0.3, 0.4) is 0 Å². The molecule has 9 heteroatoms. The van der Waals surface area contributed by atoms with E-state index in [0.717, 1.165) is 47.4 Å². The number of piperidine rings is 1. The Morgan fingerprint density at radius 2 is 2.21 bits per heavy atom. The molecule has 1 unspecified atom stereocenters. The standard InChI is InChI=1S/C25H23N7OS/c1-25(33,24-28-10-12-34-24)8-6-17-4-5-21(32-11-2-3-18(14-26)15-32)20(13-17)31-23-19-7-9-27-22(19)29-16-30-23/h4-5,7,9-10,12-13,16,18,33H,2-3,11,15H2,1H3,(H2,27,29,30,31)/t18-,25?/m1/s1. The van der Waals surface area contributed by atoms with E-state index in [1.165, 1.54) is 17.7 Å². The van der Waals surface area contributed by atoms with Gasteiger partial charge >= 0.3 is 0 Å². The molecule has 1 aromatic carbocycles. The average Bonchev–Trinajstić information content (AvgIpc) is 3.56. The molecule has 0 bridgehead atoms. The fourth-order valence-corrected chi connectivity index (χ4v) is 4.75. The molecule has 1 fully saturated rings. The molecule has 4 heterocycles. The van der Waals surface area contributed by atoms with E-state index in [-0.39, 0.29) is 5.92 Å². The van der Waals surface area contributed by atoms with Crippen molar-refractivity contribution in [3.05, 3.63) is 58.9 Å². The van der Waals surface area contributed by atoms with Gasteiger partial charge in [-0.05, 0) is 44.0 Å². The molecular weight excluding hydrogens is 446 g/mol. The van der Waals surface area contributed by atoms with Gasteiger partial charge in [0.05, 0.1) is 28.7 Å². The van der Waals surface area contributed by atoms with Crippen LogP contribution in [-0.4, -0.2) is 38.1 Å². The number of aromatic amines is 1. The van der Waals surface area contributed by atoms with E-state index in [1.54, 1.807) is 13.1 Å². The second-order valence-corrected chi connectivity index (χ2v) is 9.29. The number of benzene rings is 1. The molecule has 2 atom stereocenters. The summed E-state index contributed by atoms with van der Waals surface area (Å²) in [4.78, 5) is 18.2. The van der Waals surface area contributed by atoms with Crippen molar-refractivity contribution in [3.63, 3.8) is 0 Å². The van der Waals surface area contributed by atoms with Gasteiger partial charge in [-0.25, -0.2) is 15.0 Å². The van der Waals surface area contributed by atoms with Gasteiger partial charge in [0, 0.05) is 36.4 Å². The maximum atomic E-state index is 10.7. The second kappa shape index (κ2) is 9.14. The van der Waals surface area contributed by atoms with Gasteiger partial charge in [-0.2, -0.15) is 5.26 Å². The van der Waals surface area contributed by atoms with Crippen molar-refractivity contribution in [3.8, 4) is 17.9 Å². The molecule has 0 spiro atoms. The van der Waals surface area contributed by atoms with Crippen LogP contribution >= 0.6 is 11.3 Å². The summed E-state index contributed by atoms with van der Waals surface area (Å²) in [5.41, 5.74) is 1.98. The van der Waals surface area contributed by atoms with Crippen LogP contribution in [0.5, 0.6) is 0 Å². The molecule has 8 nitrogen and oxygen atoms in total. The maximum Gasteiger partial charge on any atom is 0.174 e. The quantitative estimate of drug-likeness (QED) is 0.385. The molecule has 0 radical (unpaired) electrons. The summed E-state index contributed by atoms with van der Waals surface area (Å²) in [6, 6.07) is 10.2. The number of nitrogens with zero attached hydrogens (tertiary/aromatic N) is 5. The van der Waals surface area contributed by atoms with Gasteiger partial charge in [-0.3, -0.25) is 0 Å². The number of hydrogen-bond acceptors (Lipinski definition) is 8. The Morgan fingerprint density at radius 1 is 1.29 bits per heavy atom. The summed E-state index contributed by atoms with van der Waals surface area (Å²) >= 11 is 1.37. The van der Waals surface area contributed by atoms with Crippen molar-refractivity contribution in [1.82, 2.24) is 19.9 Å². The highest BCUT2D eigenvalue weighted by Gasteiger charge is 2.24. The lowest BCUT2D eigenvalue weighted by atomic mass is 9.98. The predicted molar refractivity (Wildman–Crippen MR) is 133 cm³/mol. The van der Waals surface area contributed by atoms with E-state index >= 15 is 0 Å². The zero-order valence-corrected chi connectivity index (χ0v) is 19.4. The lowest BCUT2D eigenvalue weighted by Gasteiger charge is -2.33. The second-order valence-electron chi connectivity index (χ2n) is 8.39. The van der Waals surface area contributed by atoms with Gasteiger partial charge in [-0.15, -0.1) is 11.3 Å². The Balaban J connectivity index is 1.53. The van der Waals surface area contributed by atoms with Crippen LogP contribution in [0.2, 0.25) is 0 Å². The Kier molecular flexibility index (Phi) is 5.89. The number of hydrogen-bond donors (Lipinski definition) is 3. The van der Waals surface area contributed by atoms with E-state index in [2.05, 4.69) is 48.1 Å². The highest BCUT2D eigenvalue weighted by molar-refractivity contribution is 7.09. The van der Waals surface area contributed by atoms with Gasteiger partial charge in [0.25, 0.3) is 0 Å². The lowest BCUT2D eigenvalue weighted by Crippen LogP contribution is -2.35. The molecule has 5 rings (SSSR count). The molecule has 0 amide bonds. The van der Waals surface area contributed by atoms with Gasteiger partial charge in [0.1, 0.15) is 22.8 Å². The fraction of sp³-hybridized carbons (Fsp3) is 0.280. The highest BCUT2D eigenvalue weighted by atomic mass is 32.1. The van der Waals surface area contributed by atoms with Crippen molar-refractivity contribution in [2.75, 3.05) is 23.3 Å². The molecule has 4 aromatic rings. The number of aliphatic hydroxyl groups is 1. The molecule has 3 aromatic heterocycles. The SMILES string of the molecule is CC(O)(C#Cc1ccc(N2CCC[C@H](C#N)C2)c(Nc2ncnc3[nH]ccc23)c1)c1nccs1. The monoisotopic (exact) mass is 469 g/mol. The summed E-state index contributed by atoms with van der Waals surface area (Å²) in [5, 5.41) is 26.9. The Labute approximate surface area is 201 Å². The highest BCUT2D eigenvalue weighted by Crippen LogP contribution is 2.34. The van der Waals surface area contributed by atoms with Crippen LogP contribution in [0.15, 0.2) is 48.4 Å². The third-order valence-electron chi connectivity index (χ3n) is 5.85. The first-order valence-electron chi connectivity index (χ1n) is 11.0. The zero-order chi connectivity index (χ0) is 23.5. The summed E-state index contributed by atoms with van der Waals surface area (Å²) in [6.45, 7) is 3.20. The molecule has 0 aliphatic carbocycles. The van der Waals surface area contributed by atoms with Crippen LogP contribution in [0, 0.1) is 29.1 Å². The minimum atomic E-state index is -1.34. The summed E-state index contributed by atoms with van der Waals surface area (Å²) in [5.74, 6) is 6.73. The van der Waals surface area contributed by atoms with Crippen molar-refractivity contribution in [1.29, 1.82) is 5.26 Å². The maximum absolute atomic E-state index is 10.7. The summed E-state index contributed by atoms with van der Waals surface area (Å²) < 4.78 is 0. The number of rotatable bonds is 4. The Hall–Kier alpha value is -3.92. The molecule has 34 heavy (non-hydrogen) atoms. The smallest absolute Gasteiger partial charge is 0.174 e. The van der Waals surface area contributed by atoms with Crippen molar-refractivity contribution in [2.45, 2.75) is 25.4 Å². The normalized spacial score (nSPS) is 17.4. The Bertz CT molecular complexity index is 1410. The van der Waals surface area contributed by atoms with Crippen molar-refractivity contribution >= 4 is 39.6 Å². The third kappa shape index (κ3) is 4.44. The predicted octanol–water partition coefficient (Wildman–Crippen LogP) is 4.16. The molecule has 0 saturated carbocycles. The number of fused-ring (bicyclic) bond motifs is 1. The fourth-order valence-electron chi connectivity index (χ4n) is 4.10. The van der Waals surface area contributed by atoms with Crippen LogP contribution < -0.4 is 10.2 Å². The zero-order valence-electron chi connectivity index (χ0n) is 18.6. The van der Waals surface area contributed by atoms with E-state index < -0.39 is 5.60 Å². The summed E-state index contributed by atoms with van der Waals surface area (Å²) in [6.07, 6.45) is 6.88.